The number of hydrogen-bond donors (Lipinski definition) is 4. The summed E-state index contributed by atoms with van der Waals surface area (Å²) in [5, 5.41) is 20.2. The lowest BCUT2D eigenvalue weighted by atomic mass is 10.0. The zero-order valence-electron chi connectivity index (χ0n) is 18.8. The second kappa shape index (κ2) is 9.49. The minimum Gasteiger partial charge on any atom is -0.465 e. The molecule has 1 unspecified atom stereocenters. The highest BCUT2D eigenvalue weighted by molar-refractivity contribution is 5.88. The Labute approximate surface area is 191 Å². The quantitative estimate of drug-likeness (QED) is 0.393. The summed E-state index contributed by atoms with van der Waals surface area (Å²) in [5.41, 5.74) is 9.19. The number of amides is 1. The van der Waals surface area contributed by atoms with Crippen molar-refractivity contribution in [1.82, 2.24) is 24.8 Å². The zero-order chi connectivity index (χ0) is 23.5. The summed E-state index contributed by atoms with van der Waals surface area (Å²) in [6.45, 7) is 6.49. The third kappa shape index (κ3) is 4.63. The fourth-order valence-electron chi connectivity index (χ4n) is 3.97. The Morgan fingerprint density at radius 1 is 1.30 bits per heavy atom. The molecule has 11 heteroatoms. The molecular weight excluding hydrogens is 426 g/mol. The lowest BCUT2D eigenvalue weighted by molar-refractivity contribution is 0.142. The van der Waals surface area contributed by atoms with Gasteiger partial charge in [-0.3, -0.25) is 0 Å². The molecule has 1 aliphatic rings. The number of nitrogens with one attached hydrogen (secondary N) is 1. The number of carboxylic acid groups (broad SMARTS) is 1. The van der Waals surface area contributed by atoms with Gasteiger partial charge in [-0.2, -0.15) is 9.97 Å². The van der Waals surface area contributed by atoms with Gasteiger partial charge in [-0.15, -0.1) is 0 Å². The van der Waals surface area contributed by atoms with E-state index in [1.54, 1.807) is 12.4 Å². The smallest absolute Gasteiger partial charge is 0.407 e. The van der Waals surface area contributed by atoms with Crippen molar-refractivity contribution in [2.24, 2.45) is 0 Å². The number of nitrogens with zero attached hydrogens (tertiary/aromatic N) is 5. The van der Waals surface area contributed by atoms with Gasteiger partial charge in [-0.05, 0) is 25.0 Å². The second-order valence-corrected chi connectivity index (χ2v) is 8.13. The number of ether oxygens (including phenoxy) is 1. The van der Waals surface area contributed by atoms with Crippen LogP contribution in [0.1, 0.15) is 42.6 Å². The SMILES string of the molecule is CCCCOc1nc(N)c2[nH]cc(C(O)c3cnc(N4CCN(C(=O)O)CC4)c(C)c3)c2n1. The molecule has 1 amide bonds. The van der Waals surface area contributed by atoms with Gasteiger partial charge in [0.1, 0.15) is 23.0 Å². The lowest BCUT2D eigenvalue weighted by Gasteiger charge is -2.34. The Hall–Kier alpha value is -3.60. The number of fused-ring (bicyclic) bond motifs is 1. The van der Waals surface area contributed by atoms with Crippen LogP contribution in [0.25, 0.3) is 11.0 Å². The van der Waals surface area contributed by atoms with Crippen LogP contribution in [-0.4, -0.2) is 73.9 Å². The van der Waals surface area contributed by atoms with Crippen molar-refractivity contribution < 1.29 is 19.7 Å². The number of carbonyl (C=O) groups is 1. The van der Waals surface area contributed by atoms with Crippen molar-refractivity contribution >= 4 is 28.8 Å². The van der Waals surface area contributed by atoms with Crippen LogP contribution in [0.2, 0.25) is 0 Å². The molecule has 1 saturated heterocycles. The van der Waals surface area contributed by atoms with Crippen LogP contribution in [0.4, 0.5) is 16.4 Å². The minimum atomic E-state index is -0.972. The summed E-state index contributed by atoms with van der Waals surface area (Å²) >= 11 is 0. The monoisotopic (exact) mass is 455 g/mol. The molecule has 1 aliphatic heterocycles. The first-order valence-corrected chi connectivity index (χ1v) is 11.0. The fraction of sp³-hybridized carbons (Fsp3) is 0.455. The topological polar surface area (TPSA) is 154 Å². The number of pyridine rings is 1. The van der Waals surface area contributed by atoms with E-state index in [4.69, 9.17) is 15.6 Å². The highest BCUT2D eigenvalue weighted by Gasteiger charge is 2.24. The van der Waals surface area contributed by atoms with Crippen molar-refractivity contribution in [3.8, 4) is 6.01 Å². The van der Waals surface area contributed by atoms with E-state index in [0.29, 0.717) is 54.9 Å². The molecule has 33 heavy (non-hydrogen) atoms. The number of piperazine rings is 1. The lowest BCUT2D eigenvalue weighted by Crippen LogP contribution is -2.48. The van der Waals surface area contributed by atoms with E-state index < -0.39 is 12.2 Å². The van der Waals surface area contributed by atoms with E-state index in [2.05, 4.69) is 31.8 Å². The van der Waals surface area contributed by atoms with Gasteiger partial charge in [0.2, 0.25) is 0 Å². The van der Waals surface area contributed by atoms with Gasteiger partial charge in [0.15, 0.2) is 5.82 Å². The van der Waals surface area contributed by atoms with Crippen molar-refractivity contribution in [3.05, 3.63) is 35.2 Å². The molecule has 0 saturated carbocycles. The number of H-pyrrole nitrogens is 1. The molecule has 0 bridgehead atoms. The molecule has 3 aromatic rings. The Morgan fingerprint density at radius 3 is 2.73 bits per heavy atom. The van der Waals surface area contributed by atoms with Gasteiger partial charge < -0.3 is 35.5 Å². The molecule has 3 aromatic heterocycles. The van der Waals surface area contributed by atoms with E-state index >= 15 is 0 Å². The summed E-state index contributed by atoms with van der Waals surface area (Å²) in [4.78, 5) is 30.9. The molecule has 11 nitrogen and oxygen atoms in total. The standard InChI is InChI=1S/C22H29N7O4/c1-3-4-9-33-21-26-16-15(12-24-17(16)19(23)27-21)18(30)14-10-13(2)20(25-11-14)28-5-7-29(8-6-28)22(31)32/h10-12,18,24,30H,3-9H2,1-2H3,(H,31,32)(H2,23,26,27). The van der Waals surface area contributed by atoms with Crippen LogP contribution in [0.15, 0.2) is 18.5 Å². The molecular formula is C22H29N7O4. The molecule has 0 spiro atoms. The third-order valence-electron chi connectivity index (χ3n) is 5.82. The maximum Gasteiger partial charge on any atom is 0.407 e. The number of unbranched alkanes of at least 4 members (excludes halogenated alkanes) is 1. The Balaban J connectivity index is 1.56. The van der Waals surface area contributed by atoms with Gasteiger partial charge in [0.25, 0.3) is 0 Å². The minimum absolute atomic E-state index is 0.187. The van der Waals surface area contributed by atoms with Gasteiger partial charge in [0, 0.05) is 49.7 Å². The molecule has 4 heterocycles. The van der Waals surface area contributed by atoms with Crippen molar-refractivity contribution in [3.63, 3.8) is 0 Å². The maximum absolute atomic E-state index is 11.1. The maximum atomic E-state index is 11.1. The third-order valence-corrected chi connectivity index (χ3v) is 5.82. The van der Waals surface area contributed by atoms with Crippen LogP contribution >= 0.6 is 0 Å². The first kappa shape index (κ1) is 22.6. The Kier molecular flexibility index (Phi) is 6.50. The second-order valence-electron chi connectivity index (χ2n) is 8.13. The number of nitrogens with two attached hydrogens (primary N) is 1. The molecule has 0 aromatic carbocycles. The van der Waals surface area contributed by atoms with Crippen LogP contribution in [-0.2, 0) is 0 Å². The number of aryl methyl sites for hydroxylation is 1. The number of aromatic nitrogens is 4. The van der Waals surface area contributed by atoms with Gasteiger partial charge in [-0.25, -0.2) is 9.78 Å². The summed E-state index contributed by atoms with van der Waals surface area (Å²) in [5.74, 6) is 1.04. The van der Waals surface area contributed by atoms with Crippen LogP contribution in [0.5, 0.6) is 6.01 Å². The summed E-state index contributed by atoms with van der Waals surface area (Å²) in [6.07, 6.45) is 3.31. The number of aromatic amines is 1. The highest BCUT2D eigenvalue weighted by Crippen LogP contribution is 2.32. The molecule has 4 rings (SSSR count). The van der Waals surface area contributed by atoms with Crippen molar-refractivity contribution in [2.45, 2.75) is 32.8 Å². The van der Waals surface area contributed by atoms with Gasteiger partial charge in [0.05, 0.1) is 6.61 Å². The van der Waals surface area contributed by atoms with E-state index in [1.165, 1.54) is 4.90 Å². The number of nitrogen functional groups attached to an aromatic ring is 1. The Morgan fingerprint density at radius 2 is 2.06 bits per heavy atom. The number of aliphatic hydroxyl groups is 1. The number of aliphatic hydroxyl groups excluding tert-OH is 1. The first-order chi connectivity index (χ1) is 15.9. The molecule has 1 atom stereocenters. The van der Waals surface area contributed by atoms with Gasteiger partial charge >= 0.3 is 12.1 Å². The zero-order valence-corrected chi connectivity index (χ0v) is 18.8. The molecule has 1 fully saturated rings. The van der Waals surface area contributed by atoms with E-state index in [-0.39, 0.29) is 11.8 Å². The molecule has 0 radical (unpaired) electrons. The number of anilines is 2. The average Bonchev–Trinajstić information content (AvgIpc) is 3.23. The normalized spacial score (nSPS) is 15.1. The molecule has 5 N–H and O–H groups in total. The van der Waals surface area contributed by atoms with Crippen LogP contribution in [0, 0.1) is 6.92 Å². The van der Waals surface area contributed by atoms with Crippen LogP contribution in [0.3, 0.4) is 0 Å². The van der Waals surface area contributed by atoms with Crippen molar-refractivity contribution in [2.75, 3.05) is 43.4 Å². The average molecular weight is 456 g/mol. The van der Waals surface area contributed by atoms with E-state index in [9.17, 15) is 9.90 Å². The fourth-order valence-corrected chi connectivity index (χ4v) is 3.97. The van der Waals surface area contributed by atoms with Crippen LogP contribution < -0.4 is 15.4 Å². The van der Waals surface area contributed by atoms with E-state index in [0.717, 1.165) is 24.2 Å². The number of rotatable bonds is 7. The predicted octanol–water partition coefficient (Wildman–Crippen LogP) is 2.30. The highest BCUT2D eigenvalue weighted by atomic mass is 16.5. The Bertz CT molecular complexity index is 1140. The first-order valence-electron chi connectivity index (χ1n) is 11.0. The molecule has 0 aliphatic carbocycles. The van der Waals surface area contributed by atoms with E-state index in [1.807, 2.05) is 13.0 Å². The summed E-state index contributed by atoms with van der Waals surface area (Å²) in [7, 11) is 0. The molecule has 176 valence electrons. The largest absolute Gasteiger partial charge is 0.465 e. The van der Waals surface area contributed by atoms with Crippen molar-refractivity contribution in [1.29, 1.82) is 0 Å². The summed E-state index contributed by atoms with van der Waals surface area (Å²) in [6, 6.07) is 2.07. The number of hydrogen-bond acceptors (Lipinski definition) is 8. The summed E-state index contributed by atoms with van der Waals surface area (Å²) < 4.78 is 5.61. The predicted molar refractivity (Wildman–Crippen MR) is 124 cm³/mol. The van der Waals surface area contributed by atoms with Gasteiger partial charge in [-0.1, -0.05) is 13.3 Å².